The van der Waals surface area contributed by atoms with Crippen LogP contribution < -0.4 is 5.32 Å². The summed E-state index contributed by atoms with van der Waals surface area (Å²) in [5.74, 6) is 0. The average molecular weight is 283 g/mol. The Kier molecular flexibility index (Phi) is 4.32. The highest BCUT2D eigenvalue weighted by atomic mass is 19.4. The van der Waals surface area contributed by atoms with Crippen LogP contribution in [0.2, 0.25) is 0 Å². The Bertz CT molecular complexity index is 544. The number of nitrogens with zero attached hydrogens (tertiary/aromatic N) is 1. The van der Waals surface area contributed by atoms with Crippen LogP contribution in [-0.2, 0) is 12.6 Å². The van der Waals surface area contributed by atoms with Gasteiger partial charge in [0, 0.05) is 17.9 Å². The van der Waals surface area contributed by atoms with Crippen LogP contribution in [0, 0.1) is 6.92 Å². The van der Waals surface area contributed by atoms with Gasteiger partial charge in [0.15, 0.2) is 0 Å². The lowest BCUT2D eigenvalue weighted by Gasteiger charge is -2.09. The van der Waals surface area contributed by atoms with Crippen LogP contribution in [0.5, 0.6) is 0 Å². The first-order valence-electron chi connectivity index (χ1n) is 6.37. The van der Waals surface area contributed by atoms with E-state index in [4.69, 9.17) is 0 Å². The van der Waals surface area contributed by atoms with E-state index in [0.717, 1.165) is 30.7 Å². The summed E-state index contributed by atoms with van der Waals surface area (Å²) in [6, 6.07) is 5.07. The van der Waals surface area contributed by atoms with Crippen molar-refractivity contribution >= 4 is 5.69 Å². The molecule has 0 saturated carbocycles. The third-order valence-corrected chi connectivity index (χ3v) is 3.10. The highest BCUT2D eigenvalue weighted by Gasteiger charge is 2.29. The highest BCUT2D eigenvalue weighted by molar-refractivity contribution is 5.45. The normalized spacial score (nSPS) is 11.6. The van der Waals surface area contributed by atoms with Gasteiger partial charge in [-0.2, -0.15) is 18.3 Å². The molecule has 2 aromatic rings. The molecule has 0 aliphatic rings. The number of H-pyrrole nitrogens is 1. The second-order valence-electron chi connectivity index (χ2n) is 4.63. The van der Waals surface area contributed by atoms with Gasteiger partial charge in [-0.3, -0.25) is 5.10 Å². The summed E-state index contributed by atoms with van der Waals surface area (Å²) in [4.78, 5) is 0. The van der Waals surface area contributed by atoms with Crippen molar-refractivity contribution in [1.82, 2.24) is 10.2 Å². The van der Waals surface area contributed by atoms with E-state index in [1.807, 2.05) is 6.92 Å². The number of anilines is 1. The van der Waals surface area contributed by atoms with Crippen LogP contribution in [0.4, 0.5) is 18.9 Å². The first-order chi connectivity index (χ1) is 9.47. The number of halogens is 3. The fourth-order valence-electron chi connectivity index (χ4n) is 1.92. The summed E-state index contributed by atoms with van der Waals surface area (Å²) < 4.78 is 37.2. The summed E-state index contributed by atoms with van der Waals surface area (Å²) in [7, 11) is 0. The van der Waals surface area contributed by atoms with E-state index < -0.39 is 11.7 Å². The number of alkyl halides is 3. The average Bonchev–Trinajstić information content (AvgIpc) is 2.80. The third-order valence-electron chi connectivity index (χ3n) is 3.10. The van der Waals surface area contributed by atoms with Gasteiger partial charge in [-0.15, -0.1) is 0 Å². The van der Waals surface area contributed by atoms with Gasteiger partial charge < -0.3 is 5.32 Å². The van der Waals surface area contributed by atoms with E-state index >= 15 is 0 Å². The van der Waals surface area contributed by atoms with E-state index in [0.29, 0.717) is 12.2 Å². The molecular formula is C14H16F3N3. The summed E-state index contributed by atoms with van der Waals surface area (Å²) in [6.45, 7) is 2.67. The second-order valence-corrected chi connectivity index (χ2v) is 4.63. The standard InChI is InChI=1S/C14H16F3N3/c1-10-11(9-19-20-10)3-2-8-18-13-6-4-12(5-7-13)14(15,16)17/h4-7,9,18H,2-3,8H2,1H3,(H,19,20). The van der Waals surface area contributed by atoms with E-state index in [1.54, 1.807) is 6.20 Å². The number of aryl methyl sites for hydroxylation is 2. The van der Waals surface area contributed by atoms with E-state index in [-0.39, 0.29) is 0 Å². The van der Waals surface area contributed by atoms with Crippen LogP contribution in [0.1, 0.15) is 23.2 Å². The topological polar surface area (TPSA) is 40.7 Å². The molecular weight excluding hydrogens is 267 g/mol. The summed E-state index contributed by atoms with van der Waals surface area (Å²) >= 11 is 0. The molecule has 0 atom stereocenters. The lowest BCUT2D eigenvalue weighted by atomic mass is 10.1. The quantitative estimate of drug-likeness (QED) is 0.820. The molecule has 0 radical (unpaired) electrons. The lowest BCUT2D eigenvalue weighted by molar-refractivity contribution is -0.137. The number of hydrogen-bond donors (Lipinski definition) is 2. The first kappa shape index (κ1) is 14.4. The molecule has 2 N–H and O–H groups in total. The third kappa shape index (κ3) is 3.76. The zero-order valence-electron chi connectivity index (χ0n) is 11.1. The Morgan fingerprint density at radius 3 is 2.45 bits per heavy atom. The van der Waals surface area contributed by atoms with Gasteiger partial charge >= 0.3 is 6.18 Å². The minimum Gasteiger partial charge on any atom is -0.385 e. The van der Waals surface area contributed by atoms with Crippen LogP contribution in [-0.4, -0.2) is 16.7 Å². The van der Waals surface area contributed by atoms with Crippen molar-refractivity contribution in [3.63, 3.8) is 0 Å². The van der Waals surface area contributed by atoms with Crippen molar-refractivity contribution in [3.8, 4) is 0 Å². The SMILES string of the molecule is Cc1[nH]ncc1CCCNc1ccc(C(F)(F)F)cc1. The van der Waals surface area contributed by atoms with Gasteiger partial charge in [-0.05, 0) is 49.6 Å². The number of hydrogen-bond acceptors (Lipinski definition) is 2. The predicted octanol–water partition coefficient (Wildman–Crippen LogP) is 3.78. The van der Waals surface area contributed by atoms with Gasteiger partial charge in [0.05, 0.1) is 11.8 Å². The van der Waals surface area contributed by atoms with Crippen molar-refractivity contribution in [2.24, 2.45) is 0 Å². The van der Waals surface area contributed by atoms with Crippen molar-refractivity contribution in [3.05, 3.63) is 47.3 Å². The monoisotopic (exact) mass is 283 g/mol. The number of aromatic amines is 1. The zero-order valence-corrected chi connectivity index (χ0v) is 11.1. The van der Waals surface area contributed by atoms with Crippen LogP contribution >= 0.6 is 0 Å². The molecule has 1 aromatic heterocycles. The molecule has 0 aliphatic heterocycles. The maximum absolute atomic E-state index is 12.4. The van der Waals surface area contributed by atoms with Crippen molar-refractivity contribution in [2.45, 2.75) is 25.9 Å². The fourth-order valence-corrected chi connectivity index (χ4v) is 1.92. The van der Waals surface area contributed by atoms with Gasteiger partial charge in [-0.25, -0.2) is 0 Å². The molecule has 0 unspecified atom stereocenters. The van der Waals surface area contributed by atoms with Crippen LogP contribution in [0.3, 0.4) is 0 Å². The van der Waals surface area contributed by atoms with Crippen molar-refractivity contribution in [1.29, 1.82) is 0 Å². The number of rotatable bonds is 5. The zero-order chi connectivity index (χ0) is 14.6. The molecule has 6 heteroatoms. The number of aromatic nitrogens is 2. The predicted molar refractivity (Wildman–Crippen MR) is 71.6 cm³/mol. The minimum absolute atomic E-state index is 0.628. The maximum atomic E-state index is 12.4. The number of nitrogens with one attached hydrogen (secondary N) is 2. The van der Waals surface area contributed by atoms with Gasteiger partial charge in [0.1, 0.15) is 0 Å². The Morgan fingerprint density at radius 2 is 1.90 bits per heavy atom. The lowest BCUT2D eigenvalue weighted by Crippen LogP contribution is -2.06. The molecule has 0 aliphatic carbocycles. The summed E-state index contributed by atoms with van der Waals surface area (Å²) in [5.41, 5.74) is 2.29. The molecule has 0 bridgehead atoms. The number of benzene rings is 1. The van der Waals surface area contributed by atoms with Crippen molar-refractivity contribution < 1.29 is 13.2 Å². The molecule has 1 heterocycles. The van der Waals surface area contributed by atoms with Crippen molar-refractivity contribution in [2.75, 3.05) is 11.9 Å². The minimum atomic E-state index is -4.28. The second kappa shape index (κ2) is 5.98. The molecule has 0 spiro atoms. The Balaban J connectivity index is 1.78. The van der Waals surface area contributed by atoms with E-state index in [1.165, 1.54) is 17.7 Å². The Hall–Kier alpha value is -1.98. The highest BCUT2D eigenvalue weighted by Crippen LogP contribution is 2.29. The molecule has 3 nitrogen and oxygen atoms in total. The molecule has 0 saturated heterocycles. The maximum Gasteiger partial charge on any atom is 0.416 e. The Labute approximate surface area is 115 Å². The van der Waals surface area contributed by atoms with E-state index in [9.17, 15) is 13.2 Å². The van der Waals surface area contributed by atoms with E-state index in [2.05, 4.69) is 15.5 Å². The molecule has 108 valence electrons. The van der Waals surface area contributed by atoms with Gasteiger partial charge in [0.25, 0.3) is 0 Å². The molecule has 0 amide bonds. The van der Waals surface area contributed by atoms with Gasteiger partial charge in [0.2, 0.25) is 0 Å². The van der Waals surface area contributed by atoms with Crippen LogP contribution in [0.15, 0.2) is 30.5 Å². The van der Waals surface area contributed by atoms with Gasteiger partial charge in [-0.1, -0.05) is 0 Å². The summed E-state index contributed by atoms with van der Waals surface area (Å²) in [6.07, 6.45) is -0.706. The molecule has 20 heavy (non-hydrogen) atoms. The first-order valence-corrected chi connectivity index (χ1v) is 6.37. The Morgan fingerprint density at radius 1 is 1.20 bits per heavy atom. The summed E-state index contributed by atoms with van der Waals surface area (Å²) in [5, 5.41) is 9.92. The fraction of sp³-hybridized carbons (Fsp3) is 0.357. The smallest absolute Gasteiger partial charge is 0.385 e. The molecule has 2 rings (SSSR count). The molecule has 1 aromatic carbocycles. The van der Waals surface area contributed by atoms with Crippen LogP contribution in [0.25, 0.3) is 0 Å². The molecule has 0 fully saturated rings. The largest absolute Gasteiger partial charge is 0.416 e.